The first-order valence-corrected chi connectivity index (χ1v) is 9.36. The Kier molecular flexibility index (Phi) is 3.43. The highest BCUT2D eigenvalue weighted by atomic mass is 32.1. The van der Waals surface area contributed by atoms with Gasteiger partial charge in [-0.15, -0.1) is 11.3 Å². The molecular weight excluding hydrogens is 322 g/mol. The molecule has 2 fully saturated rings. The number of rotatable bonds is 2. The van der Waals surface area contributed by atoms with E-state index in [1.807, 2.05) is 24.0 Å². The Hall–Kier alpha value is -1.76. The number of hydrogen-bond donors (Lipinski definition) is 1. The van der Waals surface area contributed by atoms with Crippen LogP contribution in [0.5, 0.6) is 0 Å². The van der Waals surface area contributed by atoms with Crippen molar-refractivity contribution in [3.05, 3.63) is 35.6 Å². The van der Waals surface area contributed by atoms with Crippen LogP contribution in [0.15, 0.2) is 30.0 Å². The van der Waals surface area contributed by atoms with Gasteiger partial charge in [0.25, 0.3) is 0 Å². The van der Waals surface area contributed by atoms with Crippen LogP contribution in [0.4, 0.5) is 0 Å². The van der Waals surface area contributed by atoms with Crippen molar-refractivity contribution in [2.24, 2.45) is 0 Å². The first kappa shape index (κ1) is 14.6. The summed E-state index contributed by atoms with van der Waals surface area (Å²) in [6.07, 6.45) is 10.00. The van der Waals surface area contributed by atoms with Crippen LogP contribution in [0.1, 0.15) is 37.2 Å². The summed E-state index contributed by atoms with van der Waals surface area (Å²) in [5.74, 6) is 0.230. The van der Waals surface area contributed by atoms with Gasteiger partial charge in [-0.1, -0.05) is 0 Å². The highest BCUT2D eigenvalue weighted by Crippen LogP contribution is 2.43. The third-order valence-corrected chi connectivity index (χ3v) is 6.05. The van der Waals surface area contributed by atoms with Gasteiger partial charge >= 0.3 is 0 Å². The van der Waals surface area contributed by atoms with Gasteiger partial charge in [-0.05, 0) is 30.4 Å². The second kappa shape index (κ2) is 5.65. The van der Waals surface area contributed by atoms with Crippen LogP contribution in [0.2, 0.25) is 0 Å². The largest absolute Gasteiger partial charge is 0.348 e. The number of aromatic nitrogens is 3. The molecule has 1 N–H and O–H groups in total. The van der Waals surface area contributed by atoms with Gasteiger partial charge in [0.05, 0.1) is 13.2 Å². The Labute approximate surface area is 144 Å². The number of ether oxygens (including phenoxy) is 2. The molecule has 0 aromatic carbocycles. The summed E-state index contributed by atoms with van der Waals surface area (Å²) in [4.78, 5) is 12.3. The van der Waals surface area contributed by atoms with Crippen LogP contribution in [0.25, 0.3) is 21.6 Å². The van der Waals surface area contributed by atoms with E-state index in [1.165, 1.54) is 5.56 Å². The second-order valence-corrected chi connectivity index (χ2v) is 7.48. The fourth-order valence-corrected chi connectivity index (χ4v) is 4.62. The molecule has 2 aliphatic rings. The lowest BCUT2D eigenvalue weighted by molar-refractivity contribution is -0.178. The predicted molar refractivity (Wildman–Crippen MR) is 93.0 cm³/mol. The molecule has 0 unspecified atom stereocenters. The number of nitrogens with one attached hydrogen (secondary N) is 1. The van der Waals surface area contributed by atoms with Gasteiger partial charge in [0, 0.05) is 47.8 Å². The highest BCUT2D eigenvalue weighted by molar-refractivity contribution is 7.13. The third kappa shape index (κ3) is 2.37. The van der Waals surface area contributed by atoms with Crippen molar-refractivity contribution in [3.8, 4) is 10.6 Å². The zero-order chi connectivity index (χ0) is 16.0. The number of thiazole rings is 1. The molecule has 5 rings (SSSR count). The minimum atomic E-state index is -0.297. The maximum Gasteiger partial charge on any atom is 0.168 e. The smallest absolute Gasteiger partial charge is 0.168 e. The summed E-state index contributed by atoms with van der Waals surface area (Å²) in [6.45, 7) is 1.47. The highest BCUT2D eigenvalue weighted by Gasteiger charge is 2.40. The van der Waals surface area contributed by atoms with Gasteiger partial charge in [-0.25, -0.2) is 9.97 Å². The Morgan fingerprint density at radius 3 is 2.75 bits per heavy atom. The van der Waals surface area contributed by atoms with Crippen molar-refractivity contribution < 1.29 is 9.47 Å². The molecule has 3 aromatic rings. The molecule has 0 atom stereocenters. The maximum absolute atomic E-state index is 5.84. The predicted octanol–water partition coefficient (Wildman–Crippen LogP) is 4.09. The van der Waals surface area contributed by atoms with Crippen molar-refractivity contribution >= 4 is 22.4 Å². The zero-order valence-electron chi connectivity index (χ0n) is 13.3. The van der Waals surface area contributed by atoms with Gasteiger partial charge in [0.2, 0.25) is 0 Å². The molecule has 1 saturated heterocycles. The van der Waals surface area contributed by atoms with E-state index >= 15 is 0 Å². The summed E-state index contributed by atoms with van der Waals surface area (Å²) in [7, 11) is 0. The van der Waals surface area contributed by atoms with Crippen LogP contribution >= 0.6 is 11.3 Å². The average Bonchev–Trinajstić information content (AvgIpc) is 3.35. The van der Waals surface area contributed by atoms with Gasteiger partial charge in [0.15, 0.2) is 5.79 Å². The standard InChI is InChI=1S/C18H19N3O2S/c1-3-18(22-6-7-23-18)4-2-12(1)13-9-14-15(17-19-5-8-24-17)11-21-16(14)20-10-13/h5,8-12H,1-4,6-7H2,(H,20,21). The molecule has 0 radical (unpaired) electrons. The van der Waals surface area contributed by atoms with Gasteiger partial charge < -0.3 is 14.5 Å². The van der Waals surface area contributed by atoms with Crippen LogP contribution in [0, 0.1) is 0 Å². The Balaban J connectivity index is 1.44. The molecule has 1 saturated carbocycles. The number of aromatic amines is 1. The van der Waals surface area contributed by atoms with Crippen LogP contribution in [-0.2, 0) is 9.47 Å². The molecule has 4 heterocycles. The molecule has 124 valence electrons. The first-order chi connectivity index (χ1) is 11.8. The lowest BCUT2D eigenvalue weighted by Crippen LogP contribution is -2.34. The lowest BCUT2D eigenvalue weighted by atomic mass is 9.81. The Bertz CT molecular complexity index is 842. The number of pyridine rings is 1. The second-order valence-electron chi connectivity index (χ2n) is 6.59. The molecule has 5 nitrogen and oxygen atoms in total. The minimum Gasteiger partial charge on any atom is -0.348 e. The Morgan fingerprint density at radius 1 is 1.17 bits per heavy atom. The minimum absolute atomic E-state index is 0.297. The van der Waals surface area contributed by atoms with Crippen molar-refractivity contribution in [1.82, 2.24) is 15.0 Å². The fraction of sp³-hybridized carbons (Fsp3) is 0.444. The number of hydrogen-bond acceptors (Lipinski definition) is 5. The third-order valence-electron chi connectivity index (χ3n) is 5.25. The number of nitrogens with zero attached hydrogens (tertiary/aromatic N) is 2. The molecule has 0 bridgehead atoms. The quantitative estimate of drug-likeness (QED) is 0.763. The summed E-state index contributed by atoms with van der Waals surface area (Å²) >= 11 is 1.66. The van der Waals surface area contributed by atoms with Crippen molar-refractivity contribution in [2.75, 3.05) is 13.2 Å². The summed E-state index contributed by atoms with van der Waals surface area (Å²) in [5, 5.41) is 4.21. The SMILES string of the molecule is c1csc(-c2c[nH]c3ncc(C4CCC5(CC4)OCCO5)cc23)n1. The van der Waals surface area contributed by atoms with E-state index in [4.69, 9.17) is 9.47 Å². The fourth-order valence-electron chi connectivity index (χ4n) is 3.95. The molecule has 1 spiro atoms. The van der Waals surface area contributed by atoms with Crippen molar-refractivity contribution in [1.29, 1.82) is 0 Å². The van der Waals surface area contributed by atoms with E-state index in [9.17, 15) is 0 Å². The van der Waals surface area contributed by atoms with E-state index in [2.05, 4.69) is 21.0 Å². The zero-order valence-corrected chi connectivity index (χ0v) is 14.1. The van der Waals surface area contributed by atoms with E-state index < -0.39 is 0 Å². The van der Waals surface area contributed by atoms with Gasteiger partial charge in [-0.2, -0.15) is 0 Å². The summed E-state index contributed by atoms with van der Waals surface area (Å²) in [5.41, 5.74) is 3.38. The topological polar surface area (TPSA) is 60.0 Å². The van der Waals surface area contributed by atoms with E-state index in [-0.39, 0.29) is 5.79 Å². The van der Waals surface area contributed by atoms with Crippen LogP contribution in [-0.4, -0.2) is 34.0 Å². The van der Waals surface area contributed by atoms with Crippen molar-refractivity contribution in [2.45, 2.75) is 37.4 Å². The average molecular weight is 341 g/mol. The summed E-state index contributed by atoms with van der Waals surface area (Å²) in [6, 6.07) is 2.29. The molecule has 24 heavy (non-hydrogen) atoms. The summed E-state index contributed by atoms with van der Waals surface area (Å²) < 4.78 is 11.7. The molecule has 1 aliphatic heterocycles. The molecule has 1 aliphatic carbocycles. The lowest BCUT2D eigenvalue weighted by Gasteiger charge is -2.35. The van der Waals surface area contributed by atoms with Gasteiger partial charge in [-0.3, -0.25) is 0 Å². The van der Waals surface area contributed by atoms with Crippen LogP contribution in [0.3, 0.4) is 0 Å². The van der Waals surface area contributed by atoms with E-state index in [0.717, 1.165) is 60.5 Å². The molecular formula is C18H19N3O2S. The number of H-pyrrole nitrogens is 1. The first-order valence-electron chi connectivity index (χ1n) is 8.48. The van der Waals surface area contributed by atoms with E-state index in [1.54, 1.807) is 11.3 Å². The molecule has 6 heteroatoms. The van der Waals surface area contributed by atoms with E-state index in [0.29, 0.717) is 5.92 Å². The Morgan fingerprint density at radius 2 is 2.00 bits per heavy atom. The maximum atomic E-state index is 5.84. The van der Waals surface area contributed by atoms with Crippen molar-refractivity contribution in [3.63, 3.8) is 0 Å². The number of fused-ring (bicyclic) bond motifs is 1. The monoisotopic (exact) mass is 341 g/mol. The molecule has 0 amide bonds. The normalized spacial score (nSPS) is 21.0. The molecule has 3 aromatic heterocycles. The van der Waals surface area contributed by atoms with Gasteiger partial charge in [0.1, 0.15) is 10.7 Å². The van der Waals surface area contributed by atoms with Crippen LogP contribution < -0.4 is 0 Å².